The quantitative estimate of drug-likeness (QED) is 0.640. The van der Waals surface area contributed by atoms with Gasteiger partial charge in [-0.25, -0.2) is 9.50 Å². The molecule has 0 spiro atoms. The molecule has 1 amide bonds. The summed E-state index contributed by atoms with van der Waals surface area (Å²) in [5.41, 5.74) is -0.384. The Labute approximate surface area is 154 Å². The lowest BCUT2D eigenvalue weighted by Gasteiger charge is -2.14. The maximum absolute atomic E-state index is 13.3. The van der Waals surface area contributed by atoms with Crippen molar-refractivity contribution in [3.05, 3.63) is 45.6 Å². The molecule has 0 saturated heterocycles. The molecule has 3 aromatic heterocycles. The predicted octanol–water partition coefficient (Wildman–Crippen LogP) is 2.82. The molecule has 0 aliphatic heterocycles. The van der Waals surface area contributed by atoms with E-state index in [0.29, 0.717) is 10.2 Å². The van der Waals surface area contributed by atoms with Crippen molar-refractivity contribution in [2.75, 3.05) is 7.05 Å². The molecule has 3 rings (SSSR count). The van der Waals surface area contributed by atoms with Gasteiger partial charge in [-0.2, -0.15) is 23.4 Å². The van der Waals surface area contributed by atoms with Crippen molar-refractivity contribution >= 4 is 27.5 Å². The standard InChI is InChI=1S/C15H14BrF3N6O/c1-8-6-10(15(17,18)19)25-13(20-8)11(16)12(22-25)14(26)23(2)7-9-4-5-24(3)21-9/h4-6H,7H2,1-3H3. The maximum atomic E-state index is 13.3. The number of carbonyl (C=O) groups is 1. The third-order valence-electron chi connectivity index (χ3n) is 3.67. The summed E-state index contributed by atoms with van der Waals surface area (Å²) in [4.78, 5) is 18.1. The van der Waals surface area contributed by atoms with Crippen molar-refractivity contribution in [1.29, 1.82) is 0 Å². The van der Waals surface area contributed by atoms with Crippen LogP contribution in [0.3, 0.4) is 0 Å². The first kappa shape index (κ1) is 18.4. The normalized spacial score (nSPS) is 12.0. The summed E-state index contributed by atoms with van der Waals surface area (Å²) in [5.74, 6) is -0.543. The first-order chi connectivity index (χ1) is 12.1. The highest BCUT2D eigenvalue weighted by Crippen LogP contribution is 2.32. The van der Waals surface area contributed by atoms with E-state index in [4.69, 9.17) is 0 Å². The number of nitrogens with zero attached hydrogens (tertiary/aromatic N) is 6. The fraction of sp³-hybridized carbons (Fsp3) is 0.333. The van der Waals surface area contributed by atoms with Crippen LogP contribution >= 0.6 is 15.9 Å². The first-order valence-corrected chi connectivity index (χ1v) is 8.24. The van der Waals surface area contributed by atoms with Gasteiger partial charge in [-0.05, 0) is 35.0 Å². The molecule has 26 heavy (non-hydrogen) atoms. The van der Waals surface area contributed by atoms with E-state index in [9.17, 15) is 18.0 Å². The van der Waals surface area contributed by atoms with Crippen molar-refractivity contribution in [3.8, 4) is 0 Å². The Morgan fingerprint density at radius 2 is 2.04 bits per heavy atom. The number of aromatic nitrogens is 5. The van der Waals surface area contributed by atoms with Crippen LogP contribution in [0.2, 0.25) is 0 Å². The lowest BCUT2D eigenvalue weighted by molar-refractivity contribution is -0.142. The molecule has 7 nitrogen and oxygen atoms in total. The van der Waals surface area contributed by atoms with E-state index in [1.54, 1.807) is 24.0 Å². The SMILES string of the molecule is Cc1cc(C(F)(F)F)n2nc(C(=O)N(C)Cc3ccn(C)n3)c(Br)c2n1. The molecule has 0 aromatic carbocycles. The molecule has 0 saturated carbocycles. The summed E-state index contributed by atoms with van der Waals surface area (Å²) in [7, 11) is 3.27. The number of amides is 1. The van der Waals surface area contributed by atoms with Crippen LogP contribution in [0.1, 0.15) is 27.6 Å². The molecule has 0 atom stereocenters. The number of carbonyl (C=O) groups excluding carboxylic acids is 1. The van der Waals surface area contributed by atoms with Gasteiger partial charge in [0.15, 0.2) is 11.3 Å². The van der Waals surface area contributed by atoms with E-state index in [1.165, 1.54) is 18.9 Å². The Kier molecular flexibility index (Phi) is 4.51. The van der Waals surface area contributed by atoms with E-state index in [2.05, 4.69) is 31.1 Å². The van der Waals surface area contributed by atoms with Crippen LogP contribution in [0.25, 0.3) is 5.65 Å². The highest BCUT2D eigenvalue weighted by atomic mass is 79.9. The van der Waals surface area contributed by atoms with E-state index < -0.39 is 17.8 Å². The van der Waals surface area contributed by atoms with E-state index in [-0.39, 0.29) is 28.1 Å². The van der Waals surface area contributed by atoms with Crippen molar-refractivity contribution in [1.82, 2.24) is 29.3 Å². The third-order valence-corrected chi connectivity index (χ3v) is 4.40. The Morgan fingerprint density at radius 1 is 1.35 bits per heavy atom. The largest absolute Gasteiger partial charge is 0.433 e. The van der Waals surface area contributed by atoms with Gasteiger partial charge in [0.2, 0.25) is 0 Å². The molecule has 11 heteroatoms. The lowest BCUT2D eigenvalue weighted by Crippen LogP contribution is -2.27. The zero-order chi connectivity index (χ0) is 19.2. The van der Waals surface area contributed by atoms with Gasteiger partial charge >= 0.3 is 6.18 Å². The van der Waals surface area contributed by atoms with Crippen molar-refractivity contribution in [2.45, 2.75) is 19.6 Å². The van der Waals surface area contributed by atoms with Crippen molar-refractivity contribution in [3.63, 3.8) is 0 Å². The van der Waals surface area contributed by atoms with E-state index in [1.807, 2.05) is 0 Å². The highest BCUT2D eigenvalue weighted by molar-refractivity contribution is 9.10. The molecule has 0 radical (unpaired) electrons. The maximum Gasteiger partial charge on any atom is 0.433 e. The fourth-order valence-corrected chi connectivity index (χ4v) is 3.00. The van der Waals surface area contributed by atoms with Crippen LogP contribution in [0.4, 0.5) is 13.2 Å². The Hall–Kier alpha value is -2.43. The molecule has 0 bridgehead atoms. The topological polar surface area (TPSA) is 68.3 Å². The molecule has 0 N–H and O–H groups in total. The van der Waals surface area contributed by atoms with Gasteiger partial charge in [-0.3, -0.25) is 9.48 Å². The summed E-state index contributed by atoms with van der Waals surface area (Å²) in [6.45, 7) is 1.64. The second kappa shape index (κ2) is 6.38. The van der Waals surface area contributed by atoms with Gasteiger partial charge in [-0.15, -0.1) is 0 Å². The average molecular weight is 431 g/mol. The Bertz CT molecular complexity index is 993. The van der Waals surface area contributed by atoms with Crippen LogP contribution in [-0.4, -0.2) is 42.2 Å². The van der Waals surface area contributed by atoms with Gasteiger partial charge in [-0.1, -0.05) is 0 Å². The Balaban J connectivity index is 2.02. The van der Waals surface area contributed by atoms with Crippen LogP contribution in [0.5, 0.6) is 0 Å². The number of hydrogen-bond acceptors (Lipinski definition) is 4. The number of aryl methyl sites for hydroxylation is 2. The van der Waals surface area contributed by atoms with Crippen molar-refractivity contribution < 1.29 is 18.0 Å². The number of rotatable bonds is 3. The van der Waals surface area contributed by atoms with Gasteiger partial charge in [0.1, 0.15) is 5.69 Å². The number of hydrogen-bond donors (Lipinski definition) is 0. The zero-order valence-corrected chi connectivity index (χ0v) is 15.6. The van der Waals surface area contributed by atoms with Crippen LogP contribution in [-0.2, 0) is 19.8 Å². The van der Waals surface area contributed by atoms with Crippen LogP contribution in [0.15, 0.2) is 22.8 Å². The minimum absolute atomic E-state index is 0.0630. The first-order valence-electron chi connectivity index (χ1n) is 7.45. The average Bonchev–Trinajstić information content (AvgIpc) is 3.09. The fourth-order valence-electron chi connectivity index (χ4n) is 2.49. The molecule has 0 aliphatic rings. The molecule has 0 unspecified atom stereocenters. The monoisotopic (exact) mass is 430 g/mol. The lowest BCUT2D eigenvalue weighted by atomic mass is 10.3. The molecule has 3 aromatic rings. The zero-order valence-electron chi connectivity index (χ0n) is 14.0. The number of alkyl halides is 3. The summed E-state index contributed by atoms with van der Waals surface area (Å²) in [6, 6.07) is 2.63. The second-order valence-electron chi connectivity index (χ2n) is 5.82. The predicted molar refractivity (Wildman–Crippen MR) is 89.4 cm³/mol. The summed E-state index contributed by atoms with van der Waals surface area (Å²) in [6.07, 6.45) is -2.89. The van der Waals surface area contributed by atoms with E-state index in [0.717, 1.165) is 6.07 Å². The smallest absolute Gasteiger partial charge is 0.334 e. The number of halogens is 4. The number of fused-ring (bicyclic) bond motifs is 1. The minimum Gasteiger partial charge on any atom is -0.334 e. The van der Waals surface area contributed by atoms with Gasteiger partial charge in [0, 0.05) is 26.0 Å². The van der Waals surface area contributed by atoms with Crippen molar-refractivity contribution in [2.24, 2.45) is 7.05 Å². The summed E-state index contributed by atoms with van der Waals surface area (Å²) >= 11 is 3.16. The summed E-state index contributed by atoms with van der Waals surface area (Å²) < 4.78 is 42.2. The van der Waals surface area contributed by atoms with Gasteiger partial charge in [0.05, 0.1) is 16.7 Å². The summed E-state index contributed by atoms with van der Waals surface area (Å²) in [5, 5.41) is 8.03. The molecular weight excluding hydrogens is 417 g/mol. The van der Waals surface area contributed by atoms with Gasteiger partial charge in [0.25, 0.3) is 5.91 Å². The highest BCUT2D eigenvalue weighted by Gasteiger charge is 2.36. The van der Waals surface area contributed by atoms with E-state index >= 15 is 0 Å². The second-order valence-corrected chi connectivity index (χ2v) is 6.61. The van der Waals surface area contributed by atoms with Gasteiger partial charge < -0.3 is 4.90 Å². The minimum atomic E-state index is -4.63. The molecule has 138 valence electrons. The molecule has 3 heterocycles. The molecule has 0 fully saturated rings. The molecule has 0 aliphatic carbocycles. The molecular formula is C15H14BrF3N6O. The van der Waals surface area contributed by atoms with Crippen LogP contribution in [0, 0.1) is 6.92 Å². The Morgan fingerprint density at radius 3 is 2.62 bits per heavy atom. The third kappa shape index (κ3) is 3.30. The van der Waals surface area contributed by atoms with Crippen LogP contribution < -0.4 is 0 Å².